The minimum absolute atomic E-state index is 0.161. The van der Waals surface area contributed by atoms with Gasteiger partial charge in [0.05, 0.1) is 24.4 Å². The van der Waals surface area contributed by atoms with Crippen molar-refractivity contribution in [1.82, 2.24) is 20.0 Å². The summed E-state index contributed by atoms with van der Waals surface area (Å²) in [6.45, 7) is 0. The van der Waals surface area contributed by atoms with E-state index in [0.29, 0.717) is 27.8 Å². The number of hydrogen-bond donors (Lipinski definition) is 2. The first-order valence-corrected chi connectivity index (χ1v) is 10.7. The van der Waals surface area contributed by atoms with Gasteiger partial charge in [-0.25, -0.2) is 9.97 Å². The van der Waals surface area contributed by atoms with Crippen LogP contribution in [-0.4, -0.2) is 39.9 Å². The highest BCUT2D eigenvalue weighted by Crippen LogP contribution is 2.29. The van der Waals surface area contributed by atoms with Crippen molar-refractivity contribution in [2.75, 3.05) is 12.8 Å². The number of methoxy groups -OCH3 is 1. The fraction of sp³-hybridized carbons (Fsp3) is 0.250. The van der Waals surface area contributed by atoms with Gasteiger partial charge in [-0.05, 0) is 42.7 Å². The molecule has 1 aliphatic rings. The van der Waals surface area contributed by atoms with Crippen LogP contribution in [0.4, 0.5) is 5.82 Å². The third-order valence-electron chi connectivity index (χ3n) is 5.81. The summed E-state index contributed by atoms with van der Waals surface area (Å²) in [6, 6.07) is 15.2. The number of fused-ring (bicyclic) bond motifs is 2. The van der Waals surface area contributed by atoms with Crippen molar-refractivity contribution < 1.29 is 9.53 Å². The van der Waals surface area contributed by atoms with Crippen LogP contribution in [0.2, 0.25) is 0 Å². The third kappa shape index (κ3) is 3.64. The number of nitrogen functional groups attached to an aromatic ring is 1. The molecule has 1 fully saturated rings. The summed E-state index contributed by atoms with van der Waals surface area (Å²) in [6.07, 6.45) is 5.86. The van der Waals surface area contributed by atoms with Crippen molar-refractivity contribution in [3.63, 3.8) is 0 Å². The van der Waals surface area contributed by atoms with Crippen LogP contribution in [0.15, 0.2) is 53.6 Å². The first-order chi connectivity index (χ1) is 15.6. The smallest absolute Gasteiger partial charge is 0.257 e. The highest BCUT2D eigenvalue weighted by molar-refractivity contribution is 6.10. The number of nitrogens with one attached hydrogen (secondary N) is 1. The first kappa shape index (κ1) is 20.0. The van der Waals surface area contributed by atoms with Crippen molar-refractivity contribution in [2.45, 2.75) is 31.7 Å². The molecule has 0 aliphatic heterocycles. The molecular formula is C24H24N6O2. The lowest BCUT2D eigenvalue weighted by Crippen LogP contribution is -2.33. The van der Waals surface area contributed by atoms with E-state index in [1.165, 1.54) is 4.68 Å². The fourth-order valence-corrected chi connectivity index (χ4v) is 4.16. The Kier molecular flexibility index (Phi) is 5.18. The molecule has 0 bridgehead atoms. The monoisotopic (exact) mass is 428 g/mol. The molecule has 2 aromatic heterocycles. The molecule has 0 unspecified atom stereocenters. The molecule has 162 valence electrons. The van der Waals surface area contributed by atoms with E-state index in [9.17, 15) is 4.79 Å². The van der Waals surface area contributed by atoms with Crippen LogP contribution in [0.5, 0.6) is 5.75 Å². The molecule has 2 aromatic carbocycles. The first-order valence-electron chi connectivity index (χ1n) is 10.7. The van der Waals surface area contributed by atoms with Crippen LogP contribution in [0.25, 0.3) is 22.2 Å². The molecule has 32 heavy (non-hydrogen) atoms. The van der Waals surface area contributed by atoms with Crippen LogP contribution in [0.3, 0.4) is 0 Å². The number of anilines is 1. The van der Waals surface area contributed by atoms with Gasteiger partial charge in [0.25, 0.3) is 5.91 Å². The second-order valence-corrected chi connectivity index (χ2v) is 7.93. The molecule has 8 nitrogen and oxygen atoms in total. The minimum atomic E-state index is -0.237. The molecule has 4 aromatic rings. The van der Waals surface area contributed by atoms with Crippen LogP contribution in [0, 0.1) is 0 Å². The number of carbonyl (C=O) groups is 1. The van der Waals surface area contributed by atoms with Gasteiger partial charge in [0.15, 0.2) is 5.65 Å². The van der Waals surface area contributed by atoms with Crippen molar-refractivity contribution in [3.8, 4) is 5.75 Å². The minimum Gasteiger partial charge on any atom is -0.497 e. The molecule has 0 saturated heterocycles. The van der Waals surface area contributed by atoms with Gasteiger partial charge < -0.3 is 15.8 Å². The normalized spacial score (nSPS) is 14.5. The largest absolute Gasteiger partial charge is 0.497 e. The average molecular weight is 428 g/mol. The van der Waals surface area contributed by atoms with Crippen LogP contribution in [-0.2, 0) is 0 Å². The van der Waals surface area contributed by atoms with E-state index in [1.54, 1.807) is 13.3 Å². The van der Waals surface area contributed by atoms with Gasteiger partial charge in [0.2, 0.25) is 0 Å². The highest BCUT2D eigenvalue weighted by atomic mass is 16.5. The fourth-order valence-electron chi connectivity index (χ4n) is 4.16. The highest BCUT2D eigenvalue weighted by Gasteiger charge is 2.26. The SMILES string of the molecule is COc1cccc(/C=N/n2c(N)c(C(=O)NC3CCCC3)c3nc4ccccc4nc32)c1. The summed E-state index contributed by atoms with van der Waals surface area (Å²) in [7, 11) is 1.61. The van der Waals surface area contributed by atoms with Crippen LogP contribution < -0.4 is 15.8 Å². The predicted molar refractivity (Wildman–Crippen MR) is 125 cm³/mol. The summed E-state index contributed by atoms with van der Waals surface area (Å²) in [5.41, 5.74) is 9.89. The topological polar surface area (TPSA) is 107 Å². The number of nitrogens with two attached hydrogens (primary N) is 1. The van der Waals surface area contributed by atoms with Crippen molar-refractivity contribution >= 4 is 40.1 Å². The molecule has 0 radical (unpaired) electrons. The zero-order chi connectivity index (χ0) is 22.1. The zero-order valence-electron chi connectivity index (χ0n) is 17.8. The van der Waals surface area contributed by atoms with Gasteiger partial charge in [0.1, 0.15) is 22.6 Å². The number of rotatable bonds is 5. The summed E-state index contributed by atoms with van der Waals surface area (Å²) in [5, 5.41) is 7.66. The van der Waals surface area contributed by atoms with E-state index in [1.807, 2.05) is 48.5 Å². The lowest BCUT2D eigenvalue weighted by atomic mass is 10.2. The van der Waals surface area contributed by atoms with E-state index in [-0.39, 0.29) is 17.8 Å². The third-order valence-corrected chi connectivity index (χ3v) is 5.81. The Morgan fingerprint density at radius 2 is 1.91 bits per heavy atom. The van der Waals surface area contributed by atoms with Gasteiger partial charge in [-0.1, -0.05) is 37.1 Å². The van der Waals surface area contributed by atoms with Crippen molar-refractivity contribution in [2.24, 2.45) is 5.10 Å². The van der Waals surface area contributed by atoms with Crippen LogP contribution >= 0.6 is 0 Å². The Bertz CT molecular complexity index is 1340. The standard InChI is InChI=1S/C24H24N6O2/c1-32-17-10-6-7-15(13-17)14-26-30-22(25)20(24(31)27-16-8-2-3-9-16)21-23(30)29-19-12-5-4-11-18(19)28-21/h4-7,10-14,16H,2-3,8-9,25H2,1H3,(H,27,31)/b26-14+. The van der Waals surface area contributed by atoms with Gasteiger partial charge in [-0.15, -0.1) is 0 Å². The number of aromatic nitrogens is 3. The lowest BCUT2D eigenvalue weighted by molar-refractivity contribution is 0.0940. The predicted octanol–water partition coefficient (Wildman–Crippen LogP) is 3.73. The molecular weight excluding hydrogens is 404 g/mol. The maximum absolute atomic E-state index is 13.2. The van der Waals surface area contributed by atoms with Gasteiger partial charge in [-0.3, -0.25) is 4.79 Å². The molecule has 0 atom stereocenters. The van der Waals surface area contributed by atoms with Crippen LogP contribution in [0.1, 0.15) is 41.6 Å². The molecule has 1 aliphatic carbocycles. The number of para-hydroxylation sites is 2. The Morgan fingerprint density at radius 3 is 2.66 bits per heavy atom. The summed E-state index contributed by atoms with van der Waals surface area (Å²) in [5.74, 6) is 0.700. The van der Waals surface area contributed by atoms with E-state index < -0.39 is 0 Å². The lowest BCUT2D eigenvalue weighted by Gasteiger charge is -2.11. The Balaban J connectivity index is 1.63. The average Bonchev–Trinajstić information content (AvgIpc) is 3.41. The number of benzene rings is 2. The molecule has 8 heteroatoms. The molecule has 0 spiro atoms. The van der Waals surface area contributed by atoms with Crippen molar-refractivity contribution in [3.05, 3.63) is 59.7 Å². The number of hydrogen-bond acceptors (Lipinski definition) is 6. The second kappa shape index (κ2) is 8.30. The van der Waals surface area contributed by atoms with Gasteiger partial charge in [0, 0.05) is 6.04 Å². The summed E-state index contributed by atoms with van der Waals surface area (Å²) in [4.78, 5) is 22.6. The van der Waals surface area contributed by atoms with E-state index in [2.05, 4.69) is 10.4 Å². The molecule has 5 rings (SSSR count). The van der Waals surface area contributed by atoms with Gasteiger partial charge >= 0.3 is 0 Å². The Hall–Kier alpha value is -3.94. The number of carbonyl (C=O) groups excluding carboxylic acids is 1. The molecule has 1 amide bonds. The molecule has 3 N–H and O–H groups in total. The molecule has 2 heterocycles. The Morgan fingerprint density at radius 1 is 1.16 bits per heavy atom. The zero-order valence-corrected chi connectivity index (χ0v) is 17.8. The molecule has 1 saturated carbocycles. The number of nitrogens with zero attached hydrogens (tertiary/aromatic N) is 4. The van der Waals surface area contributed by atoms with E-state index >= 15 is 0 Å². The summed E-state index contributed by atoms with van der Waals surface area (Å²) < 4.78 is 6.76. The maximum atomic E-state index is 13.2. The van der Waals surface area contributed by atoms with Gasteiger partial charge in [-0.2, -0.15) is 9.78 Å². The second-order valence-electron chi connectivity index (χ2n) is 7.93. The number of ether oxygens (including phenoxy) is 1. The summed E-state index contributed by atoms with van der Waals surface area (Å²) >= 11 is 0. The number of amides is 1. The van der Waals surface area contributed by atoms with E-state index in [0.717, 1.165) is 37.0 Å². The quantitative estimate of drug-likeness (QED) is 0.471. The Labute approximate surface area is 185 Å². The van der Waals surface area contributed by atoms with Crippen molar-refractivity contribution in [1.29, 1.82) is 0 Å². The van der Waals surface area contributed by atoms with E-state index in [4.69, 9.17) is 20.4 Å². The maximum Gasteiger partial charge on any atom is 0.257 e.